The lowest BCUT2D eigenvalue weighted by Gasteiger charge is -2.33. The number of aryl methyl sites for hydroxylation is 1. The Morgan fingerprint density at radius 3 is 2.81 bits per heavy atom. The highest BCUT2D eigenvalue weighted by Gasteiger charge is 2.32. The fourth-order valence-electron chi connectivity index (χ4n) is 4.37. The zero-order valence-electron chi connectivity index (χ0n) is 15.4. The highest BCUT2D eigenvalue weighted by molar-refractivity contribution is 5.77. The number of amides is 1. The summed E-state index contributed by atoms with van der Waals surface area (Å²) in [6.07, 6.45) is 10.2. The average molecular weight is 356 g/mol. The molecule has 0 spiro atoms. The van der Waals surface area contributed by atoms with Crippen molar-refractivity contribution in [2.24, 2.45) is 0 Å². The van der Waals surface area contributed by atoms with Crippen LogP contribution in [0.2, 0.25) is 0 Å². The summed E-state index contributed by atoms with van der Waals surface area (Å²) in [5, 5.41) is 15.8. The van der Waals surface area contributed by atoms with Crippen LogP contribution in [0.4, 0.5) is 0 Å². The van der Waals surface area contributed by atoms with Gasteiger partial charge in [0, 0.05) is 37.9 Å². The van der Waals surface area contributed by atoms with Crippen LogP contribution in [0.25, 0.3) is 0 Å². The van der Waals surface area contributed by atoms with Crippen molar-refractivity contribution in [2.45, 2.75) is 76.7 Å². The molecule has 0 bridgehead atoms. The Bertz CT molecular complexity index is 745. The van der Waals surface area contributed by atoms with E-state index in [1.165, 1.54) is 31.4 Å². The van der Waals surface area contributed by atoms with Gasteiger partial charge >= 0.3 is 0 Å². The summed E-state index contributed by atoms with van der Waals surface area (Å²) in [5.41, 5.74) is 2.30. The van der Waals surface area contributed by atoms with Gasteiger partial charge < -0.3 is 10.6 Å². The summed E-state index contributed by atoms with van der Waals surface area (Å²) in [6.45, 7) is 3.65. The second kappa shape index (κ2) is 7.61. The molecule has 1 amide bonds. The molecule has 140 valence electrons. The van der Waals surface area contributed by atoms with E-state index < -0.39 is 0 Å². The molecule has 7 heteroatoms. The van der Waals surface area contributed by atoms with Gasteiger partial charge in [-0.2, -0.15) is 10.2 Å². The summed E-state index contributed by atoms with van der Waals surface area (Å²) in [6, 6.07) is 4.82. The van der Waals surface area contributed by atoms with Crippen LogP contribution < -0.4 is 10.6 Å². The molecule has 2 atom stereocenters. The number of carbonyl (C=O) groups is 1. The van der Waals surface area contributed by atoms with Crippen LogP contribution in [0.3, 0.4) is 0 Å². The number of hydrogen-bond acceptors (Lipinski definition) is 4. The minimum absolute atomic E-state index is 0.0402. The van der Waals surface area contributed by atoms with Crippen LogP contribution in [0.5, 0.6) is 0 Å². The SMILES string of the molecule is CCn1nccc1C1NC(=O)CCC1NCc1ccnn1C1CCCC1. The van der Waals surface area contributed by atoms with Crippen molar-refractivity contribution >= 4 is 5.91 Å². The monoisotopic (exact) mass is 356 g/mol. The largest absolute Gasteiger partial charge is 0.346 e. The fraction of sp³-hybridized carbons (Fsp3) is 0.632. The molecule has 1 saturated heterocycles. The standard InChI is InChI=1S/C19H28N6O/c1-2-24-17(10-12-21-24)19-16(7-8-18(26)23-19)20-13-15-9-11-22-25(15)14-5-3-4-6-14/h9-12,14,16,19-20H,2-8,13H2,1H3,(H,23,26). The zero-order chi connectivity index (χ0) is 17.9. The van der Waals surface area contributed by atoms with E-state index in [-0.39, 0.29) is 18.0 Å². The number of nitrogens with one attached hydrogen (secondary N) is 2. The van der Waals surface area contributed by atoms with Gasteiger partial charge in [0.25, 0.3) is 0 Å². The van der Waals surface area contributed by atoms with E-state index >= 15 is 0 Å². The minimum Gasteiger partial charge on any atom is -0.346 e. The van der Waals surface area contributed by atoms with Crippen molar-refractivity contribution < 1.29 is 4.79 Å². The lowest BCUT2D eigenvalue weighted by Crippen LogP contribution is -2.49. The molecule has 1 saturated carbocycles. The molecule has 3 heterocycles. The summed E-state index contributed by atoms with van der Waals surface area (Å²) < 4.78 is 4.17. The Hall–Kier alpha value is -2.15. The third kappa shape index (κ3) is 3.40. The molecule has 1 aliphatic carbocycles. The number of aromatic nitrogens is 4. The third-order valence-corrected chi connectivity index (χ3v) is 5.74. The Kier molecular flexibility index (Phi) is 5.06. The molecule has 0 aromatic carbocycles. The Balaban J connectivity index is 1.48. The number of nitrogens with zero attached hydrogens (tertiary/aromatic N) is 4. The van der Waals surface area contributed by atoms with Gasteiger partial charge in [-0.15, -0.1) is 0 Å². The van der Waals surface area contributed by atoms with Gasteiger partial charge in [0.2, 0.25) is 5.91 Å². The highest BCUT2D eigenvalue weighted by Crippen LogP contribution is 2.30. The third-order valence-electron chi connectivity index (χ3n) is 5.74. The van der Waals surface area contributed by atoms with Gasteiger partial charge in [-0.25, -0.2) is 0 Å². The van der Waals surface area contributed by atoms with Crippen molar-refractivity contribution in [1.82, 2.24) is 30.2 Å². The van der Waals surface area contributed by atoms with Gasteiger partial charge in [-0.3, -0.25) is 14.2 Å². The number of rotatable bonds is 6. The zero-order valence-corrected chi connectivity index (χ0v) is 15.4. The summed E-state index contributed by atoms with van der Waals surface area (Å²) in [5.74, 6) is 0.118. The molecule has 2 aromatic heterocycles. The first-order valence-electron chi connectivity index (χ1n) is 9.83. The second-order valence-electron chi connectivity index (χ2n) is 7.35. The normalized spacial score (nSPS) is 24.1. The molecule has 1 aliphatic heterocycles. The average Bonchev–Trinajstić information content (AvgIpc) is 3.40. The van der Waals surface area contributed by atoms with E-state index in [1.807, 2.05) is 23.1 Å². The quantitative estimate of drug-likeness (QED) is 0.833. The molecule has 2 aromatic rings. The molecule has 2 aliphatic rings. The van der Waals surface area contributed by atoms with Crippen LogP contribution in [-0.2, 0) is 17.9 Å². The molecule has 26 heavy (non-hydrogen) atoms. The predicted octanol–water partition coefficient (Wildman–Crippen LogP) is 2.32. The van der Waals surface area contributed by atoms with E-state index in [0.29, 0.717) is 12.5 Å². The van der Waals surface area contributed by atoms with Gasteiger partial charge in [0.15, 0.2) is 0 Å². The lowest BCUT2D eigenvalue weighted by atomic mass is 9.95. The van der Waals surface area contributed by atoms with E-state index in [2.05, 4.69) is 38.5 Å². The summed E-state index contributed by atoms with van der Waals surface area (Å²) >= 11 is 0. The van der Waals surface area contributed by atoms with Crippen LogP contribution in [0.15, 0.2) is 24.5 Å². The smallest absolute Gasteiger partial charge is 0.220 e. The van der Waals surface area contributed by atoms with Crippen molar-refractivity contribution in [2.75, 3.05) is 0 Å². The lowest BCUT2D eigenvalue weighted by molar-refractivity contribution is -0.124. The molecule has 0 radical (unpaired) electrons. The molecule has 2 fully saturated rings. The Morgan fingerprint density at radius 1 is 1.19 bits per heavy atom. The first-order valence-corrected chi connectivity index (χ1v) is 9.83. The van der Waals surface area contributed by atoms with Crippen LogP contribution in [-0.4, -0.2) is 31.5 Å². The summed E-state index contributed by atoms with van der Waals surface area (Å²) in [7, 11) is 0. The fourth-order valence-corrected chi connectivity index (χ4v) is 4.37. The van der Waals surface area contributed by atoms with E-state index in [4.69, 9.17) is 0 Å². The first kappa shape index (κ1) is 17.3. The highest BCUT2D eigenvalue weighted by atomic mass is 16.1. The molecular formula is C19H28N6O. The van der Waals surface area contributed by atoms with Crippen molar-refractivity contribution in [3.63, 3.8) is 0 Å². The van der Waals surface area contributed by atoms with Crippen LogP contribution in [0.1, 0.15) is 68.9 Å². The first-order chi connectivity index (χ1) is 12.8. The van der Waals surface area contributed by atoms with Crippen molar-refractivity contribution in [3.05, 3.63) is 35.9 Å². The van der Waals surface area contributed by atoms with E-state index in [0.717, 1.165) is 25.2 Å². The van der Waals surface area contributed by atoms with Crippen molar-refractivity contribution in [1.29, 1.82) is 0 Å². The number of carbonyl (C=O) groups excluding carboxylic acids is 1. The maximum atomic E-state index is 12.0. The van der Waals surface area contributed by atoms with Crippen molar-refractivity contribution in [3.8, 4) is 0 Å². The molecule has 2 unspecified atom stereocenters. The molecule has 7 nitrogen and oxygen atoms in total. The maximum Gasteiger partial charge on any atom is 0.220 e. The van der Waals surface area contributed by atoms with Crippen LogP contribution in [0, 0.1) is 0 Å². The predicted molar refractivity (Wildman–Crippen MR) is 98.4 cm³/mol. The van der Waals surface area contributed by atoms with Gasteiger partial charge in [-0.1, -0.05) is 12.8 Å². The Morgan fingerprint density at radius 2 is 2.00 bits per heavy atom. The van der Waals surface area contributed by atoms with Gasteiger partial charge in [-0.05, 0) is 38.3 Å². The minimum atomic E-state index is -0.0402. The Labute approximate surface area is 154 Å². The van der Waals surface area contributed by atoms with Crippen LogP contribution >= 0.6 is 0 Å². The topological polar surface area (TPSA) is 76.8 Å². The molecule has 2 N–H and O–H groups in total. The summed E-state index contributed by atoms with van der Waals surface area (Å²) in [4.78, 5) is 12.0. The molecular weight excluding hydrogens is 328 g/mol. The van der Waals surface area contributed by atoms with E-state index in [9.17, 15) is 4.79 Å². The second-order valence-corrected chi connectivity index (χ2v) is 7.35. The van der Waals surface area contributed by atoms with Gasteiger partial charge in [0.05, 0.1) is 23.5 Å². The maximum absolute atomic E-state index is 12.0. The number of hydrogen-bond donors (Lipinski definition) is 2. The van der Waals surface area contributed by atoms with Gasteiger partial charge in [0.1, 0.15) is 0 Å². The number of piperidine rings is 1. The van der Waals surface area contributed by atoms with E-state index in [1.54, 1.807) is 0 Å². The molecule has 4 rings (SSSR count).